The molecule has 0 N–H and O–H groups in total. The van der Waals surface area contributed by atoms with Crippen molar-refractivity contribution in [3.8, 4) is 0 Å². The smallest absolute Gasteiger partial charge is 2.00 e. The van der Waals surface area contributed by atoms with Crippen molar-refractivity contribution in [1.29, 1.82) is 0 Å². The van der Waals surface area contributed by atoms with E-state index in [-0.39, 0.29) is 183 Å². The first kappa shape index (κ1) is 30.8. The zero-order valence-corrected chi connectivity index (χ0v) is 20.1. The van der Waals surface area contributed by atoms with Gasteiger partial charge in [0.15, 0.2) is 0 Å². The molecule has 0 aliphatic rings. The van der Waals surface area contributed by atoms with Crippen LogP contribution in [0.3, 0.4) is 0 Å². The monoisotopic (exact) mass is 564 g/mol. The minimum Gasteiger partial charge on any atom is -3.00 e. The molecule has 0 fully saturated rings. The van der Waals surface area contributed by atoms with E-state index in [4.69, 9.17) is 0 Å². The molecule has 0 saturated heterocycles. The van der Waals surface area contributed by atoms with Gasteiger partial charge >= 0.3 is 147 Å². The number of hydrogen-bond donors (Lipinski definition) is 0. The first-order valence-corrected chi connectivity index (χ1v) is 0. The van der Waals surface area contributed by atoms with Crippen molar-refractivity contribution in [3.63, 3.8) is 0 Å². The molecule has 5 heteroatoms. The summed E-state index contributed by atoms with van der Waals surface area (Å²) in [5.74, 6) is 0. The van der Waals surface area contributed by atoms with Crippen molar-refractivity contribution in [2.45, 2.75) is 0 Å². The minimum absolute atomic E-state index is 0. The Morgan fingerprint density at radius 1 is 0.400 bits per heavy atom. The molecule has 0 saturated carbocycles. The zero-order chi connectivity index (χ0) is 0. The average molecular weight is 562 g/mol. The Bertz CT molecular complexity index is 4.85. The second-order valence-corrected chi connectivity index (χ2v) is 0. The summed E-state index contributed by atoms with van der Waals surface area (Å²) >= 11 is 0. The summed E-state index contributed by atoms with van der Waals surface area (Å²) < 4.78 is 0. The van der Waals surface area contributed by atoms with Crippen molar-refractivity contribution >= 4 is 183 Å². The van der Waals surface area contributed by atoms with Crippen LogP contribution in [0.2, 0.25) is 0 Å². The molecule has 0 heterocycles. The topological polar surface area (TPSA) is 0 Å². The predicted octanol–water partition coefficient (Wildman–Crippen LogP) is -1.90. The fourth-order valence-electron chi connectivity index (χ4n) is 0. The third-order valence-electron chi connectivity index (χ3n) is 0. The normalized spacial score (nSPS) is 0. The van der Waals surface area contributed by atoms with E-state index in [9.17, 15) is 0 Å². The van der Waals surface area contributed by atoms with Crippen molar-refractivity contribution < 1.29 is 0 Å². The Morgan fingerprint density at radius 2 is 0.400 bits per heavy atom. The van der Waals surface area contributed by atoms with E-state index in [1.807, 2.05) is 0 Å². The molecule has 0 unspecified atom stereocenters. The van der Waals surface area contributed by atoms with E-state index in [0.717, 1.165) is 0 Å². The van der Waals surface area contributed by atoms with Crippen molar-refractivity contribution in [3.05, 3.63) is 0 Å². The molecule has 0 radical (unpaired) electrons. The summed E-state index contributed by atoms with van der Waals surface area (Å²) in [5, 5.41) is 0. The summed E-state index contributed by atoms with van der Waals surface area (Å²) in [4.78, 5) is 0. The zero-order valence-electron chi connectivity index (χ0n) is 3.02. The molecule has 5 heavy (non-hydrogen) atoms. The van der Waals surface area contributed by atoms with Gasteiger partial charge in [-0.05, 0) is 0 Å². The van der Waals surface area contributed by atoms with Gasteiger partial charge in [-0.3, -0.25) is 0 Å². The molecule has 0 aliphatic heterocycles. The molecule has 0 amide bonds. The van der Waals surface area contributed by atoms with Gasteiger partial charge in [-0.2, -0.15) is 0 Å². The maximum atomic E-state index is 0. The van der Waals surface area contributed by atoms with Crippen LogP contribution in [0.25, 0.3) is 0 Å². The van der Waals surface area contributed by atoms with Crippen LogP contribution in [0.1, 0.15) is 0 Å². The Balaban J connectivity index is 0. The van der Waals surface area contributed by atoms with Crippen LogP contribution < -0.4 is 0 Å². The molecule has 0 atom stereocenters. The van der Waals surface area contributed by atoms with Crippen molar-refractivity contribution in [2.75, 3.05) is 0 Å². The fraction of sp³-hybridized carbons (Fsp3) is 0. The maximum absolute atomic E-state index is 0. The molecule has 0 aromatic rings. The quantitative estimate of drug-likeness (QED) is 0.303. The maximum Gasteiger partial charge on any atom is 2.00 e. The van der Waals surface area contributed by atoms with Gasteiger partial charge in [0.1, 0.15) is 0 Å². The number of hydrogen-bond acceptors (Lipinski definition) is 0. The Kier molecular flexibility index (Phi) is 139. The van der Waals surface area contributed by atoms with Gasteiger partial charge in [-0.25, -0.2) is 0 Å². The minimum atomic E-state index is 0. The van der Waals surface area contributed by atoms with E-state index < -0.39 is 0 Å². The van der Waals surface area contributed by atoms with Gasteiger partial charge in [-0.15, -0.1) is 0 Å². The summed E-state index contributed by atoms with van der Waals surface area (Å²) in [7, 11) is 0. The van der Waals surface area contributed by atoms with E-state index in [0.29, 0.717) is 0 Å². The first-order valence-electron chi connectivity index (χ1n) is 0. The van der Waals surface area contributed by atoms with Gasteiger partial charge in [0.25, 0.3) is 0 Å². The van der Waals surface area contributed by atoms with Crippen LogP contribution in [0.15, 0.2) is 0 Å². The van der Waals surface area contributed by atoms with Crippen LogP contribution in [-0.4, -0.2) is 183 Å². The summed E-state index contributed by atoms with van der Waals surface area (Å²) in [5.41, 5.74) is 0. The van der Waals surface area contributed by atoms with E-state index in [1.54, 1.807) is 0 Å². The molecule has 0 nitrogen and oxygen atoms in total. The molecule has 0 aromatic carbocycles. The fourth-order valence-corrected chi connectivity index (χ4v) is 0. The SMILES string of the molecule is [As-3].[As-3].[Ba+2].[Ba+2].[Ba+2]. The van der Waals surface area contributed by atoms with E-state index in [2.05, 4.69) is 0 Å². The standard InChI is InChI=1S/2As.3Ba/q2*-3;3*+2. The summed E-state index contributed by atoms with van der Waals surface area (Å²) in [6.07, 6.45) is 0. The number of rotatable bonds is 0. The average Bonchev–Trinajstić information content (AvgIpc) is 0. The van der Waals surface area contributed by atoms with E-state index in [1.165, 1.54) is 0 Å². The van der Waals surface area contributed by atoms with Crippen molar-refractivity contribution in [1.82, 2.24) is 0 Å². The second-order valence-electron chi connectivity index (χ2n) is 0. The van der Waals surface area contributed by atoms with Crippen LogP contribution >= 0.6 is 0 Å². The Hall–Kier alpha value is 5.83. The van der Waals surface area contributed by atoms with E-state index >= 15 is 0 Å². The largest absolute Gasteiger partial charge is 3.00 e. The third kappa shape index (κ3) is 17.7. The third-order valence-corrected chi connectivity index (χ3v) is 0. The van der Waals surface area contributed by atoms with Gasteiger partial charge in [0, 0.05) is 0 Å². The van der Waals surface area contributed by atoms with Crippen LogP contribution in [-0.2, 0) is 0 Å². The molecule has 0 bridgehead atoms. The first-order chi connectivity index (χ1) is 0. The molecule has 0 spiro atoms. The summed E-state index contributed by atoms with van der Waals surface area (Å²) in [6.45, 7) is 0. The molecule has 0 rings (SSSR count). The van der Waals surface area contributed by atoms with Crippen LogP contribution in [0.5, 0.6) is 0 Å². The van der Waals surface area contributed by atoms with Gasteiger partial charge in [-0.1, -0.05) is 0 Å². The van der Waals surface area contributed by atoms with Gasteiger partial charge in [0.05, 0.1) is 0 Å². The summed E-state index contributed by atoms with van der Waals surface area (Å²) in [6, 6.07) is 0. The molecular formula is As2Ba3. The Labute approximate surface area is 176 Å². The second kappa shape index (κ2) is 22.5. The molecule has 0 aromatic heterocycles. The van der Waals surface area contributed by atoms with Crippen molar-refractivity contribution in [2.24, 2.45) is 0 Å². The van der Waals surface area contributed by atoms with Crippen LogP contribution in [0, 0.1) is 0 Å². The van der Waals surface area contributed by atoms with Crippen LogP contribution in [0.4, 0.5) is 0 Å². The molecule has 16 valence electrons. The van der Waals surface area contributed by atoms with Gasteiger partial charge < -0.3 is 35.9 Å². The predicted molar refractivity (Wildman–Crippen MR) is 28.8 cm³/mol. The molecular weight excluding hydrogens is 562 g/mol. The van der Waals surface area contributed by atoms with Gasteiger partial charge in [0.2, 0.25) is 0 Å². The Morgan fingerprint density at radius 3 is 0.400 bits per heavy atom. The molecule has 0 aliphatic carbocycles.